The topological polar surface area (TPSA) is 101 Å². The lowest BCUT2D eigenvalue weighted by Crippen LogP contribution is -2.49. The highest BCUT2D eigenvalue weighted by Gasteiger charge is 2.40. The van der Waals surface area contributed by atoms with Crippen LogP contribution in [0.25, 0.3) is 0 Å². The van der Waals surface area contributed by atoms with Gasteiger partial charge in [0, 0.05) is 12.6 Å². The lowest BCUT2D eigenvalue weighted by atomic mass is 10.2. The summed E-state index contributed by atoms with van der Waals surface area (Å²) in [6, 6.07) is 6.82. The first-order valence-electron chi connectivity index (χ1n) is 7.87. The van der Waals surface area contributed by atoms with Crippen molar-refractivity contribution in [3.63, 3.8) is 0 Å². The van der Waals surface area contributed by atoms with Crippen LogP contribution in [0.15, 0.2) is 35.2 Å². The highest BCUT2D eigenvalue weighted by molar-refractivity contribution is 7.91. The Bertz CT molecular complexity index is 821. The predicted molar refractivity (Wildman–Crippen MR) is 88.6 cm³/mol. The molecule has 2 atom stereocenters. The van der Waals surface area contributed by atoms with Gasteiger partial charge in [0.15, 0.2) is 9.84 Å². The third-order valence-electron chi connectivity index (χ3n) is 4.43. The van der Waals surface area contributed by atoms with Gasteiger partial charge in [0.25, 0.3) is 0 Å². The Morgan fingerprint density at radius 3 is 2.50 bits per heavy atom. The van der Waals surface area contributed by atoms with Crippen LogP contribution >= 0.6 is 0 Å². The van der Waals surface area contributed by atoms with E-state index in [2.05, 4.69) is 5.32 Å². The Labute approximate surface area is 142 Å². The first-order valence-corrected chi connectivity index (χ1v) is 11.1. The number of sulfone groups is 1. The number of hydrogen-bond acceptors (Lipinski definition) is 5. The van der Waals surface area contributed by atoms with Crippen LogP contribution < -0.4 is 5.32 Å². The van der Waals surface area contributed by atoms with E-state index in [9.17, 15) is 21.6 Å². The van der Waals surface area contributed by atoms with Gasteiger partial charge >= 0.3 is 0 Å². The van der Waals surface area contributed by atoms with Gasteiger partial charge < -0.3 is 5.32 Å². The Hall–Kier alpha value is -1.45. The predicted octanol–water partition coefficient (Wildman–Crippen LogP) is 0.143. The summed E-state index contributed by atoms with van der Waals surface area (Å²) in [7, 11) is -6.83. The van der Waals surface area contributed by atoms with Gasteiger partial charge in [-0.2, -0.15) is 4.31 Å². The SMILES string of the molecule is O=C(NC1CCS(=O)(=O)C1)C1CCCN1S(=O)(=O)c1ccccc1. The number of carbonyl (C=O) groups is 1. The minimum atomic E-state index is -3.74. The van der Waals surface area contributed by atoms with Crippen molar-refractivity contribution in [3.05, 3.63) is 30.3 Å². The van der Waals surface area contributed by atoms with E-state index in [1.165, 1.54) is 16.4 Å². The molecule has 0 aliphatic carbocycles. The van der Waals surface area contributed by atoms with Crippen molar-refractivity contribution in [2.45, 2.75) is 36.2 Å². The molecule has 2 saturated heterocycles. The maximum atomic E-state index is 12.7. The van der Waals surface area contributed by atoms with E-state index in [1.807, 2.05) is 0 Å². The molecule has 2 heterocycles. The molecule has 0 bridgehead atoms. The second-order valence-electron chi connectivity index (χ2n) is 6.20. The molecular formula is C15H20N2O5S2. The molecule has 0 aromatic heterocycles. The van der Waals surface area contributed by atoms with Crippen molar-refractivity contribution in [2.75, 3.05) is 18.1 Å². The molecule has 1 N–H and O–H groups in total. The molecule has 2 aliphatic heterocycles. The molecule has 1 aromatic carbocycles. The van der Waals surface area contributed by atoms with Crippen LogP contribution in [-0.4, -0.2) is 57.2 Å². The number of benzene rings is 1. The smallest absolute Gasteiger partial charge is 0.243 e. The van der Waals surface area contributed by atoms with Gasteiger partial charge in [-0.25, -0.2) is 16.8 Å². The van der Waals surface area contributed by atoms with E-state index < -0.39 is 37.9 Å². The Kier molecular flexibility index (Phi) is 4.67. The molecule has 9 heteroatoms. The van der Waals surface area contributed by atoms with E-state index in [-0.39, 0.29) is 22.9 Å². The molecule has 3 rings (SSSR count). The molecule has 2 unspecified atom stereocenters. The largest absolute Gasteiger partial charge is 0.351 e. The molecule has 0 spiro atoms. The van der Waals surface area contributed by atoms with Gasteiger partial charge in [0.05, 0.1) is 16.4 Å². The summed E-state index contributed by atoms with van der Waals surface area (Å²) in [5, 5.41) is 2.71. The second kappa shape index (κ2) is 6.45. The van der Waals surface area contributed by atoms with Crippen LogP contribution in [0.5, 0.6) is 0 Å². The van der Waals surface area contributed by atoms with Crippen molar-refractivity contribution in [1.82, 2.24) is 9.62 Å². The lowest BCUT2D eigenvalue weighted by molar-refractivity contribution is -0.124. The van der Waals surface area contributed by atoms with Gasteiger partial charge in [-0.3, -0.25) is 4.79 Å². The molecular weight excluding hydrogens is 352 g/mol. The number of amides is 1. The third-order valence-corrected chi connectivity index (χ3v) is 8.13. The van der Waals surface area contributed by atoms with Gasteiger partial charge in [0.1, 0.15) is 6.04 Å². The molecule has 24 heavy (non-hydrogen) atoms. The molecule has 2 fully saturated rings. The second-order valence-corrected chi connectivity index (χ2v) is 10.3. The summed E-state index contributed by atoms with van der Waals surface area (Å²) in [4.78, 5) is 12.6. The maximum Gasteiger partial charge on any atom is 0.243 e. The average Bonchev–Trinajstić information content (AvgIpc) is 3.15. The average molecular weight is 372 g/mol. The third kappa shape index (κ3) is 3.47. The fourth-order valence-corrected chi connectivity index (χ4v) is 6.57. The van der Waals surface area contributed by atoms with Crippen molar-refractivity contribution < 1.29 is 21.6 Å². The summed E-state index contributed by atoms with van der Waals surface area (Å²) in [5.74, 6) is -0.417. The highest BCUT2D eigenvalue weighted by Crippen LogP contribution is 2.26. The number of carbonyl (C=O) groups excluding carboxylic acids is 1. The number of nitrogens with zero attached hydrogens (tertiary/aromatic N) is 1. The van der Waals surface area contributed by atoms with E-state index in [1.54, 1.807) is 18.2 Å². The molecule has 132 valence electrons. The zero-order valence-corrected chi connectivity index (χ0v) is 14.7. The maximum absolute atomic E-state index is 12.7. The van der Waals surface area contributed by atoms with E-state index >= 15 is 0 Å². The minimum Gasteiger partial charge on any atom is -0.351 e. The molecule has 0 saturated carbocycles. The van der Waals surface area contributed by atoms with Crippen LogP contribution in [0.1, 0.15) is 19.3 Å². The van der Waals surface area contributed by atoms with E-state index in [0.717, 1.165) is 0 Å². The summed E-state index contributed by atoms with van der Waals surface area (Å²) in [6.07, 6.45) is 1.43. The Morgan fingerprint density at radius 2 is 1.88 bits per heavy atom. The zero-order chi connectivity index (χ0) is 17.4. The van der Waals surface area contributed by atoms with Crippen LogP contribution in [0.2, 0.25) is 0 Å². The fourth-order valence-electron chi connectivity index (χ4n) is 3.22. The molecule has 1 amide bonds. The van der Waals surface area contributed by atoms with Crippen LogP contribution in [-0.2, 0) is 24.7 Å². The summed E-state index contributed by atoms with van der Waals surface area (Å²) >= 11 is 0. The summed E-state index contributed by atoms with van der Waals surface area (Å²) in [6.45, 7) is 0.290. The lowest BCUT2D eigenvalue weighted by Gasteiger charge is -2.24. The van der Waals surface area contributed by atoms with Crippen LogP contribution in [0.3, 0.4) is 0 Å². The van der Waals surface area contributed by atoms with Gasteiger partial charge in [0.2, 0.25) is 15.9 Å². The van der Waals surface area contributed by atoms with Gasteiger partial charge in [-0.1, -0.05) is 18.2 Å². The van der Waals surface area contributed by atoms with Gasteiger partial charge in [-0.15, -0.1) is 0 Å². The minimum absolute atomic E-state index is 0.0641. The normalized spacial score (nSPS) is 27.2. The Balaban J connectivity index is 1.75. The molecule has 1 aromatic rings. The number of rotatable bonds is 4. The van der Waals surface area contributed by atoms with E-state index in [0.29, 0.717) is 19.3 Å². The summed E-state index contributed by atoms with van der Waals surface area (Å²) < 4.78 is 49.7. The van der Waals surface area contributed by atoms with Crippen LogP contribution in [0.4, 0.5) is 0 Å². The van der Waals surface area contributed by atoms with Crippen LogP contribution in [0, 0.1) is 0 Å². The quantitative estimate of drug-likeness (QED) is 0.810. The zero-order valence-electron chi connectivity index (χ0n) is 13.1. The number of sulfonamides is 1. The standard InChI is InChI=1S/C15H20N2O5S2/c18-15(16-12-8-10-23(19,20)11-12)14-7-4-9-17(14)24(21,22)13-5-2-1-3-6-13/h1-3,5-6,12,14H,4,7-11H2,(H,16,18). The van der Waals surface area contributed by atoms with Crippen molar-refractivity contribution in [1.29, 1.82) is 0 Å². The first-order chi connectivity index (χ1) is 11.3. The van der Waals surface area contributed by atoms with E-state index in [4.69, 9.17) is 0 Å². The summed E-state index contributed by atoms with van der Waals surface area (Å²) in [5.41, 5.74) is 0. The van der Waals surface area contributed by atoms with Gasteiger partial charge in [-0.05, 0) is 31.4 Å². The first kappa shape index (κ1) is 17.4. The molecule has 0 radical (unpaired) electrons. The number of nitrogens with one attached hydrogen (secondary N) is 1. The van der Waals surface area contributed by atoms with Crippen molar-refractivity contribution in [2.24, 2.45) is 0 Å². The van der Waals surface area contributed by atoms with Crippen molar-refractivity contribution >= 4 is 25.8 Å². The van der Waals surface area contributed by atoms with Crippen molar-refractivity contribution in [3.8, 4) is 0 Å². The monoisotopic (exact) mass is 372 g/mol. The Morgan fingerprint density at radius 1 is 1.17 bits per heavy atom. The fraction of sp³-hybridized carbons (Fsp3) is 0.533. The molecule has 2 aliphatic rings. The molecule has 7 nitrogen and oxygen atoms in total. The highest BCUT2D eigenvalue weighted by atomic mass is 32.2. The number of hydrogen-bond donors (Lipinski definition) is 1.